The van der Waals surface area contributed by atoms with Crippen LogP contribution >= 0.6 is 0 Å². The van der Waals surface area contributed by atoms with Crippen molar-refractivity contribution in [3.05, 3.63) is 59.2 Å². The lowest BCUT2D eigenvalue weighted by Crippen LogP contribution is -2.43. The monoisotopic (exact) mass is 412 g/mol. The lowest BCUT2D eigenvalue weighted by molar-refractivity contribution is -0.000389. The molecule has 0 radical (unpaired) electrons. The summed E-state index contributed by atoms with van der Waals surface area (Å²) in [5, 5.41) is 9.31. The molecule has 1 aliphatic heterocycles. The van der Waals surface area contributed by atoms with E-state index in [1.54, 1.807) is 0 Å². The Kier molecular flexibility index (Phi) is 4.71. The topological polar surface area (TPSA) is 83.8 Å². The van der Waals surface area contributed by atoms with Crippen LogP contribution in [-0.2, 0) is 16.8 Å². The van der Waals surface area contributed by atoms with Gasteiger partial charge >= 0.3 is 0 Å². The Morgan fingerprint density at radius 1 is 1.13 bits per heavy atom. The number of amidine groups is 1. The summed E-state index contributed by atoms with van der Waals surface area (Å²) in [6.45, 7) is 2.09. The SMILES string of the molecule is CCC1=N[C@@]2(N=C1N)c1cc(-c3cccc(C#N)c3)ccc1CC21CCC(OC)CC1. The van der Waals surface area contributed by atoms with Crippen LogP contribution in [0.2, 0.25) is 0 Å². The van der Waals surface area contributed by atoms with Crippen molar-refractivity contribution in [1.29, 1.82) is 5.26 Å². The highest BCUT2D eigenvalue weighted by atomic mass is 16.5. The van der Waals surface area contributed by atoms with Crippen molar-refractivity contribution in [1.82, 2.24) is 0 Å². The fourth-order valence-corrected chi connectivity index (χ4v) is 5.82. The van der Waals surface area contributed by atoms with Crippen LogP contribution in [0.3, 0.4) is 0 Å². The fourth-order valence-electron chi connectivity index (χ4n) is 5.82. The molecule has 5 rings (SSSR count). The molecule has 2 aromatic carbocycles. The van der Waals surface area contributed by atoms with Gasteiger partial charge in [-0.3, -0.25) is 4.99 Å². The van der Waals surface area contributed by atoms with Gasteiger partial charge in [0.25, 0.3) is 0 Å². The van der Waals surface area contributed by atoms with Crippen molar-refractivity contribution >= 4 is 11.5 Å². The van der Waals surface area contributed by atoms with Gasteiger partial charge in [0.05, 0.1) is 23.4 Å². The standard InChI is InChI=1S/C26H28N4O/c1-3-23-24(28)30-26(29-23)22-14-19(18-6-4-5-17(13-18)16-27)7-8-20(22)15-25(26)11-9-21(31-2)10-12-25/h4-8,13-14,21H,3,9-12,15H2,1-2H3,(H2,28,30)/t21?,25?,26-/m1/s1. The van der Waals surface area contributed by atoms with E-state index in [4.69, 9.17) is 20.5 Å². The summed E-state index contributed by atoms with van der Waals surface area (Å²) in [7, 11) is 1.81. The lowest BCUT2D eigenvalue weighted by Gasteiger charge is -2.44. The molecular weight excluding hydrogens is 384 g/mol. The first-order chi connectivity index (χ1) is 15.0. The Morgan fingerprint density at radius 2 is 1.90 bits per heavy atom. The number of nitrogens with two attached hydrogens (primary N) is 1. The van der Waals surface area contributed by atoms with Gasteiger partial charge in [0.2, 0.25) is 0 Å². The Hall–Kier alpha value is -2.97. The molecule has 0 amide bonds. The smallest absolute Gasteiger partial charge is 0.184 e. The zero-order valence-corrected chi connectivity index (χ0v) is 18.2. The number of hydrogen-bond donors (Lipinski definition) is 1. The minimum atomic E-state index is -0.640. The molecule has 2 aliphatic carbocycles. The number of benzene rings is 2. The maximum Gasteiger partial charge on any atom is 0.184 e. The molecule has 5 heteroatoms. The Morgan fingerprint density at radius 3 is 2.58 bits per heavy atom. The van der Waals surface area contributed by atoms with Gasteiger partial charge in [-0.05, 0) is 73.4 Å². The number of nitrogens with zero attached hydrogens (tertiary/aromatic N) is 3. The van der Waals surface area contributed by atoms with Gasteiger partial charge in [0.15, 0.2) is 5.66 Å². The van der Waals surface area contributed by atoms with E-state index in [1.165, 1.54) is 11.1 Å². The molecule has 0 unspecified atom stereocenters. The molecule has 5 nitrogen and oxygen atoms in total. The van der Waals surface area contributed by atoms with Crippen molar-refractivity contribution in [3.8, 4) is 17.2 Å². The highest BCUT2D eigenvalue weighted by molar-refractivity contribution is 6.42. The first-order valence-corrected chi connectivity index (χ1v) is 11.2. The molecule has 158 valence electrons. The van der Waals surface area contributed by atoms with E-state index in [9.17, 15) is 5.26 Å². The van der Waals surface area contributed by atoms with Crippen LogP contribution in [0, 0.1) is 16.7 Å². The zero-order chi connectivity index (χ0) is 21.6. The van der Waals surface area contributed by atoms with Crippen LogP contribution in [0.5, 0.6) is 0 Å². The molecule has 0 aromatic heterocycles. The number of ether oxygens (including phenoxy) is 1. The van der Waals surface area contributed by atoms with Gasteiger partial charge < -0.3 is 10.5 Å². The molecular formula is C26H28N4O. The van der Waals surface area contributed by atoms with Gasteiger partial charge in [0, 0.05) is 18.1 Å². The summed E-state index contributed by atoms with van der Waals surface area (Å²) in [6.07, 6.45) is 6.16. The van der Waals surface area contributed by atoms with Crippen LogP contribution in [0.1, 0.15) is 55.7 Å². The van der Waals surface area contributed by atoms with Crippen molar-refractivity contribution in [2.75, 3.05) is 7.11 Å². The molecule has 2 aromatic rings. The minimum absolute atomic E-state index is 0.0565. The predicted molar refractivity (Wildman–Crippen MR) is 123 cm³/mol. The highest BCUT2D eigenvalue weighted by Gasteiger charge is 2.60. The van der Waals surface area contributed by atoms with Crippen molar-refractivity contribution in [2.45, 2.75) is 57.2 Å². The Labute approximate surface area is 183 Å². The second kappa shape index (κ2) is 7.32. The van der Waals surface area contributed by atoms with Gasteiger partial charge in [-0.1, -0.05) is 31.2 Å². The van der Waals surface area contributed by atoms with Crippen LogP contribution in [0.15, 0.2) is 52.4 Å². The molecule has 3 aliphatic rings. The van der Waals surface area contributed by atoms with Gasteiger partial charge in [-0.2, -0.15) is 5.26 Å². The number of aliphatic imine (C=N–C) groups is 2. The van der Waals surface area contributed by atoms with Crippen LogP contribution in [0.25, 0.3) is 11.1 Å². The molecule has 0 saturated heterocycles. The normalized spacial score (nSPS) is 29.0. The summed E-state index contributed by atoms with van der Waals surface area (Å²) in [5.41, 5.74) is 11.9. The molecule has 1 atom stereocenters. The summed E-state index contributed by atoms with van der Waals surface area (Å²) < 4.78 is 5.66. The molecule has 0 bridgehead atoms. The zero-order valence-electron chi connectivity index (χ0n) is 18.2. The second-order valence-corrected chi connectivity index (χ2v) is 9.04. The van der Waals surface area contributed by atoms with E-state index in [0.717, 1.165) is 55.4 Å². The van der Waals surface area contributed by atoms with Crippen molar-refractivity contribution in [2.24, 2.45) is 21.1 Å². The second-order valence-electron chi connectivity index (χ2n) is 9.04. The number of hydrogen-bond acceptors (Lipinski definition) is 5. The van der Waals surface area contributed by atoms with Gasteiger partial charge in [-0.15, -0.1) is 0 Å². The third-order valence-electron chi connectivity index (χ3n) is 7.51. The van der Waals surface area contributed by atoms with E-state index in [-0.39, 0.29) is 5.41 Å². The third-order valence-corrected chi connectivity index (χ3v) is 7.51. The van der Waals surface area contributed by atoms with Crippen LogP contribution in [-0.4, -0.2) is 24.8 Å². The van der Waals surface area contributed by atoms with Crippen LogP contribution < -0.4 is 5.73 Å². The molecule has 2 N–H and O–H groups in total. The van der Waals surface area contributed by atoms with Gasteiger partial charge in [-0.25, -0.2) is 4.99 Å². The van der Waals surface area contributed by atoms with E-state index < -0.39 is 5.66 Å². The molecule has 1 saturated carbocycles. The summed E-state index contributed by atoms with van der Waals surface area (Å²) >= 11 is 0. The van der Waals surface area contributed by atoms with E-state index in [0.29, 0.717) is 17.5 Å². The first-order valence-electron chi connectivity index (χ1n) is 11.2. The fraction of sp³-hybridized carbons (Fsp3) is 0.423. The predicted octanol–water partition coefficient (Wildman–Crippen LogP) is 4.73. The lowest BCUT2D eigenvalue weighted by atomic mass is 9.65. The number of methoxy groups -OCH3 is 1. The number of nitriles is 1. The number of fused-ring (bicyclic) bond motifs is 3. The third kappa shape index (κ3) is 2.93. The summed E-state index contributed by atoms with van der Waals surface area (Å²) in [5.74, 6) is 0.584. The average molecular weight is 413 g/mol. The minimum Gasteiger partial charge on any atom is -0.382 e. The maximum absolute atomic E-state index is 9.31. The molecule has 31 heavy (non-hydrogen) atoms. The van der Waals surface area contributed by atoms with E-state index >= 15 is 0 Å². The summed E-state index contributed by atoms with van der Waals surface area (Å²) in [4.78, 5) is 10.4. The van der Waals surface area contributed by atoms with Crippen molar-refractivity contribution < 1.29 is 4.74 Å². The molecule has 1 heterocycles. The summed E-state index contributed by atoms with van der Waals surface area (Å²) in [6, 6.07) is 16.6. The average Bonchev–Trinajstić information content (AvgIpc) is 3.28. The highest BCUT2D eigenvalue weighted by Crippen LogP contribution is 2.62. The molecule has 1 fully saturated rings. The first kappa shape index (κ1) is 20.0. The van der Waals surface area contributed by atoms with Gasteiger partial charge in [0.1, 0.15) is 5.84 Å². The Balaban J connectivity index is 1.65. The quantitative estimate of drug-likeness (QED) is 0.791. The molecule has 2 spiro atoms. The Bertz CT molecular complexity index is 1130. The number of rotatable bonds is 3. The largest absolute Gasteiger partial charge is 0.382 e. The van der Waals surface area contributed by atoms with Crippen molar-refractivity contribution in [3.63, 3.8) is 0 Å². The van der Waals surface area contributed by atoms with E-state index in [2.05, 4.69) is 37.3 Å². The maximum atomic E-state index is 9.31. The van der Waals surface area contributed by atoms with E-state index in [1.807, 2.05) is 25.3 Å². The van der Waals surface area contributed by atoms with Crippen LogP contribution in [0.4, 0.5) is 0 Å².